The van der Waals surface area contributed by atoms with E-state index in [4.69, 9.17) is 0 Å². The standard InChI is InChI=1S/C9H6F2S/c10-8-4-3-7(2-1-5-12)9(11)6-8/h3-4,6,12H,5H2. The zero-order chi connectivity index (χ0) is 8.97. The highest BCUT2D eigenvalue weighted by molar-refractivity contribution is 7.80. The Morgan fingerprint density at radius 1 is 1.33 bits per heavy atom. The molecule has 0 saturated carbocycles. The Kier molecular flexibility index (Phi) is 3.12. The molecule has 0 N–H and O–H groups in total. The highest BCUT2D eigenvalue weighted by Crippen LogP contribution is 2.07. The first-order valence-electron chi connectivity index (χ1n) is 3.29. The van der Waals surface area contributed by atoms with E-state index < -0.39 is 11.6 Å². The van der Waals surface area contributed by atoms with Crippen molar-refractivity contribution in [3.8, 4) is 11.8 Å². The van der Waals surface area contributed by atoms with E-state index in [9.17, 15) is 8.78 Å². The van der Waals surface area contributed by atoms with Crippen molar-refractivity contribution in [2.24, 2.45) is 0 Å². The predicted molar refractivity (Wildman–Crippen MR) is 47.1 cm³/mol. The normalized spacial score (nSPS) is 8.92. The van der Waals surface area contributed by atoms with Gasteiger partial charge in [0.15, 0.2) is 0 Å². The zero-order valence-electron chi connectivity index (χ0n) is 6.14. The lowest BCUT2D eigenvalue weighted by molar-refractivity contribution is 0.581. The topological polar surface area (TPSA) is 0 Å². The average molecular weight is 184 g/mol. The number of hydrogen-bond donors (Lipinski definition) is 1. The molecule has 0 atom stereocenters. The Morgan fingerprint density at radius 3 is 2.67 bits per heavy atom. The van der Waals surface area contributed by atoms with E-state index in [1.54, 1.807) is 0 Å². The minimum Gasteiger partial charge on any atom is -0.207 e. The Morgan fingerprint density at radius 2 is 2.08 bits per heavy atom. The Hall–Kier alpha value is -1.01. The van der Waals surface area contributed by atoms with E-state index in [1.807, 2.05) is 0 Å². The van der Waals surface area contributed by atoms with Gasteiger partial charge in [0.2, 0.25) is 0 Å². The van der Waals surface area contributed by atoms with Crippen LogP contribution in [-0.4, -0.2) is 5.75 Å². The maximum absolute atomic E-state index is 12.8. The number of halogens is 2. The molecule has 12 heavy (non-hydrogen) atoms. The van der Waals surface area contributed by atoms with Gasteiger partial charge in [0.1, 0.15) is 11.6 Å². The summed E-state index contributed by atoms with van der Waals surface area (Å²) >= 11 is 3.84. The third kappa shape index (κ3) is 2.24. The lowest BCUT2D eigenvalue weighted by atomic mass is 10.2. The highest BCUT2D eigenvalue weighted by atomic mass is 32.1. The maximum atomic E-state index is 12.8. The lowest BCUT2D eigenvalue weighted by Gasteiger charge is -1.92. The third-order valence-corrected chi connectivity index (χ3v) is 1.39. The maximum Gasteiger partial charge on any atom is 0.141 e. The minimum absolute atomic E-state index is 0.199. The second kappa shape index (κ2) is 4.13. The molecule has 0 heterocycles. The minimum atomic E-state index is -0.635. The van der Waals surface area contributed by atoms with Crippen LogP contribution in [0, 0.1) is 23.5 Å². The second-order valence-electron chi connectivity index (χ2n) is 2.08. The van der Waals surface area contributed by atoms with Crippen molar-refractivity contribution >= 4 is 12.6 Å². The van der Waals surface area contributed by atoms with E-state index in [0.29, 0.717) is 5.75 Å². The van der Waals surface area contributed by atoms with Crippen LogP contribution in [0.15, 0.2) is 18.2 Å². The van der Waals surface area contributed by atoms with Crippen molar-refractivity contribution in [2.75, 3.05) is 5.75 Å². The summed E-state index contributed by atoms with van der Waals surface area (Å²) < 4.78 is 25.2. The third-order valence-electron chi connectivity index (χ3n) is 1.23. The van der Waals surface area contributed by atoms with Crippen molar-refractivity contribution in [3.63, 3.8) is 0 Å². The number of rotatable bonds is 0. The van der Waals surface area contributed by atoms with Gasteiger partial charge in [-0.25, -0.2) is 8.78 Å². The molecule has 0 spiro atoms. The monoisotopic (exact) mass is 184 g/mol. The first-order valence-corrected chi connectivity index (χ1v) is 3.92. The molecule has 1 aromatic carbocycles. The molecular formula is C9H6F2S. The number of hydrogen-bond acceptors (Lipinski definition) is 1. The van der Waals surface area contributed by atoms with Gasteiger partial charge in [0.25, 0.3) is 0 Å². The molecule has 0 aromatic heterocycles. The molecule has 0 aliphatic heterocycles. The van der Waals surface area contributed by atoms with Crippen LogP contribution < -0.4 is 0 Å². The van der Waals surface area contributed by atoms with Crippen molar-refractivity contribution in [1.82, 2.24) is 0 Å². The zero-order valence-corrected chi connectivity index (χ0v) is 7.04. The van der Waals surface area contributed by atoms with Gasteiger partial charge in [-0.2, -0.15) is 12.6 Å². The van der Waals surface area contributed by atoms with Crippen LogP contribution >= 0.6 is 12.6 Å². The Balaban J connectivity index is 3.01. The lowest BCUT2D eigenvalue weighted by Crippen LogP contribution is -1.84. The molecule has 1 aromatic rings. The molecule has 1 rings (SSSR count). The van der Waals surface area contributed by atoms with Gasteiger partial charge in [0, 0.05) is 6.07 Å². The van der Waals surface area contributed by atoms with Crippen molar-refractivity contribution in [1.29, 1.82) is 0 Å². The van der Waals surface area contributed by atoms with Crippen LogP contribution in [0.3, 0.4) is 0 Å². The first-order chi connectivity index (χ1) is 5.74. The van der Waals surface area contributed by atoms with E-state index in [0.717, 1.165) is 6.07 Å². The summed E-state index contributed by atoms with van der Waals surface area (Å²) in [6, 6.07) is 3.29. The van der Waals surface area contributed by atoms with Gasteiger partial charge in [-0.1, -0.05) is 11.8 Å². The molecule has 0 unspecified atom stereocenters. The van der Waals surface area contributed by atoms with Gasteiger partial charge in [-0.15, -0.1) is 0 Å². The van der Waals surface area contributed by atoms with Crippen molar-refractivity contribution in [2.45, 2.75) is 0 Å². The largest absolute Gasteiger partial charge is 0.207 e. The summed E-state index contributed by atoms with van der Waals surface area (Å²) in [6.45, 7) is 0. The molecule has 0 fully saturated rings. The summed E-state index contributed by atoms with van der Waals surface area (Å²) in [4.78, 5) is 0. The van der Waals surface area contributed by atoms with Crippen LogP contribution in [-0.2, 0) is 0 Å². The van der Waals surface area contributed by atoms with Gasteiger partial charge in [-0.05, 0) is 12.1 Å². The molecule has 3 heteroatoms. The van der Waals surface area contributed by atoms with E-state index in [2.05, 4.69) is 24.5 Å². The van der Waals surface area contributed by atoms with Gasteiger partial charge in [-0.3, -0.25) is 0 Å². The molecule has 0 nitrogen and oxygen atoms in total. The SMILES string of the molecule is Fc1ccc(C#CCS)c(F)c1. The van der Waals surface area contributed by atoms with E-state index in [1.165, 1.54) is 12.1 Å². The van der Waals surface area contributed by atoms with Crippen LogP contribution in [0.1, 0.15) is 5.56 Å². The summed E-state index contributed by atoms with van der Waals surface area (Å²) in [7, 11) is 0. The van der Waals surface area contributed by atoms with E-state index >= 15 is 0 Å². The highest BCUT2D eigenvalue weighted by Gasteiger charge is 1.99. The summed E-state index contributed by atoms with van der Waals surface area (Å²) in [6.07, 6.45) is 0. The molecule has 62 valence electrons. The van der Waals surface area contributed by atoms with Crippen LogP contribution in [0.4, 0.5) is 8.78 Å². The van der Waals surface area contributed by atoms with Gasteiger partial charge < -0.3 is 0 Å². The fraction of sp³-hybridized carbons (Fsp3) is 0.111. The molecule has 0 amide bonds. The van der Waals surface area contributed by atoms with Crippen molar-refractivity contribution in [3.05, 3.63) is 35.4 Å². The molecular weight excluding hydrogens is 178 g/mol. The van der Waals surface area contributed by atoms with Gasteiger partial charge in [0.05, 0.1) is 11.3 Å². The van der Waals surface area contributed by atoms with Crippen LogP contribution in [0.5, 0.6) is 0 Å². The number of thiol groups is 1. The van der Waals surface area contributed by atoms with Gasteiger partial charge >= 0.3 is 0 Å². The summed E-state index contributed by atoms with van der Waals surface area (Å²) in [5.74, 6) is 4.23. The smallest absolute Gasteiger partial charge is 0.141 e. The summed E-state index contributed by atoms with van der Waals surface area (Å²) in [5, 5.41) is 0. The molecule has 0 radical (unpaired) electrons. The number of benzene rings is 1. The summed E-state index contributed by atoms with van der Waals surface area (Å²) in [5.41, 5.74) is 0.199. The van der Waals surface area contributed by atoms with E-state index in [-0.39, 0.29) is 5.56 Å². The molecule has 0 saturated heterocycles. The molecule has 0 aliphatic carbocycles. The quantitative estimate of drug-likeness (QED) is 0.464. The Labute approximate surface area is 75.0 Å². The van der Waals surface area contributed by atoms with Crippen LogP contribution in [0.25, 0.3) is 0 Å². The average Bonchev–Trinajstić information content (AvgIpc) is 2.03. The first kappa shape index (κ1) is 9.08. The molecule has 0 aliphatic rings. The molecule has 0 bridgehead atoms. The fourth-order valence-electron chi connectivity index (χ4n) is 0.726. The predicted octanol–water partition coefficient (Wildman–Crippen LogP) is 2.25. The Bertz CT molecular complexity index is 336. The second-order valence-corrected chi connectivity index (χ2v) is 2.40. The fourth-order valence-corrected chi connectivity index (χ4v) is 0.805. The van der Waals surface area contributed by atoms with Crippen LogP contribution in [0.2, 0.25) is 0 Å². The van der Waals surface area contributed by atoms with Crippen molar-refractivity contribution < 1.29 is 8.78 Å².